The second kappa shape index (κ2) is 8.77. The molecular formula is C19H20BrN3O4. The van der Waals surface area contributed by atoms with Gasteiger partial charge in [-0.25, -0.2) is 4.79 Å². The zero-order chi connectivity index (χ0) is 19.2. The summed E-state index contributed by atoms with van der Waals surface area (Å²) < 4.78 is 12.3. The van der Waals surface area contributed by atoms with Crippen LogP contribution < -0.4 is 25.8 Å². The number of benzene rings is 2. The highest BCUT2D eigenvalue weighted by molar-refractivity contribution is 9.10. The number of urea groups is 1. The predicted octanol–water partition coefficient (Wildman–Crippen LogP) is 2.50. The highest BCUT2D eigenvalue weighted by Crippen LogP contribution is 2.30. The largest absolute Gasteiger partial charge is 0.486 e. The lowest BCUT2D eigenvalue weighted by Gasteiger charge is -2.26. The van der Waals surface area contributed by atoms with Crippen molar-refractivity contribution in [1.29, 1.82) is 0 Å². The van der Waals surface area contributed by atoms with Gasteiger partial charge in [-0.2, -0.15) is 0 Å². The molecule has 1 aliphatic rings. The first-order chi connectivity index (χ1) is 13.0. The van der Waals surface area contributed by atoms with Crippen LogP contribution in [0.25, 0.3) is 0 Å². The number of primary amides is 1. The molecule has 8 heteroatoms. The van der Waals surface area contributed by atoms with Crippen molar-refractivity contribution in [3.63, 3.8) is 0 Å². The van der Waals surface area contributed by atoms with Crippen LogP contribution in [0.15, 0.2) is 53.0 Å². The molecule has 4 N–H and O–H groups in total. The fourth-order valence-corrected chi connectivity index (χ4v) is 3.21. The summed E-state index contributed by atoms with van der Waals surface area (Å²) in [6, 6.07) is 13.5. The highest BCUT2D eigenvalue weighted by Gasteiger charge is 2.22. The van der Waals surface area contributed by atoms with E-state index in [4.69, 9.17) is 15.2 Å². The Bertz CT molecular complexity index is 830. The highest BCUT2D eigenvalue weighted by atomic mass is 79.9. The monoisotopic (exact) mass is 433 g/mol. The number of hydrogen-bond donors (Lipinski definition) is 3. The molecule has 3 rings (SSSR count). The van der Waals surface area contributed by atoms with E-state index in [1.165, 1.54) is 0 Å². The summed E-state index contributed by atoms with van der Waals surface area (Å²) in [5.41, 5.74) is 6.03. The summed E-state index contributed by atoms with van der Waals surface area (Å²) in [4.78, 5) is 23.7. The molecule has 142 valence electrons. The summed E-state index contributed by atoms with van der Waals surface area (Å²) in [6.07, 6.45) is -0.221. The van der Waals surface area contributed by atoms with Crippen molar-refractivity contribution in [3.05, 3.63) is 58.6 Å². The number of halogens is 1. The van der Waals surface area contributed by atoms with Crippen LogP contribution in [0.5, 0.6) is 11.5 Å². The maximum atomic E-state index is 12.4. The van der Waals surface area contributed by atoms with Gasteiger partial charge in [0.2, 0.25) is 5.91 Å². The van der Waals surface area contributed by atoms with Gasteiger partial charge in [-0.1, -0.05) is 40.2 Å². The standard InChI is InChI=1S/C19H20BrN3O4/c20-13-5-3-4-12(8-13)15(23-19(21)25)9-18(24)22-10-14-11-26-16-6-1-2-7-17(16)27-14/h1-8,14-15H,9-11H2,(H,22,24)(H3,21,23,25)/t14-,15-/m1/s1. The van der Waals surface area contributed by atoms with Gasteiger partial charge in [0, 0.05) is 4.47 Å². The third-order valence-electron chi connectivity index (χ3n) is 4.05. The Kier molecular flexibility index (Phi) is 6.18. The first kappa shape index (κ1) is 19.0. The number of nitrogens with two attached hydrogens (primary N) is 1. The number of hydrogen-bond acceptors (Lipinski definition) is 4. The van der Waals surface area contributed by atoms with Crippen LogP contribution in [0, 0.1) is 0 Å². The summed E-state index contributed by atoms with van der Waals surface area (Å²) in [6.45, 7) is 0.654. The topological polar surface area (TPSA) is 103 Å². The Balaban J connectivity index is 1.56. The van der Waals surface area contributed by atoms with Gasteiger partial charge < -0.3 is 25.8 Å². The number of fused-ring (bicyclic) bond motifs is 1. The van der Waals surface area contributed by atoms with Crippen LogP contribution >= 0.6 is 15.9 Å². The fourth-order valence-electron chi connectivity index (χ4n) is 2.80. The quantitative estimate of drug-likeness (QED) is 0.650. The number of rotatable bonds is 6. The van der Waals surface area contributed by atoms with E-state index in [1.807, 2.05) is 48.5 Å². The summed E-state index contributed by atoms with van der Waals surface area (Å²) in [7, 11) is 0. The average Bonchev–Trinajstić information content (AvgIpc) is 2.65. The maximum absolute atomic E-state index is 12.4. The Morgan fingerprint density at radius 2 is 1.96 bits per heavy atom. The summed E-state index contributed by atoms with van der Waals surface area (Å²) in [5, 5.41) is 5.43. The molecular weight excluding hydrogens is 414 g/mol. The zero-order valence-electron chi connectivity index (χ0n) is 14.5. The molecule has 2 atom stereocenters. The van der Waals surface area contributed by atoms with Crippen molar-refractivity contribution in [3.8, 4) is 11.5 Å². The minimum atomic E-state index is -0.687. The van der Waals surface area contributed by atoms with E-state index in [9.17, 15) is 9.59 Å². The normalized spacial score (nSPS) is 16.3. The molecule has 0 saturated carbocycles. The number of amides is 3. The minimum Gasteiger partial charge on any atom is -0.486 e. The van der Waals surface area contributed by atoms with Crippen molar-refractivity contribution in [2.75, 3.05) is 13.2 Å². The SMILES string of the molecule is NC(=O)N[C@H](CC(=O)NC[C@@H]1COc2ccccc2O1)c1cccc(Br)c1. The first-order valence-electron chi connectivity index (χ1n) is 8.48. The van der Waals surface area contributed by atoms with E-state index >= 15 is 0 Å². The van der Waals surface area contributed by atoms with E-state index < -0.39 is 12.1 Å². The average molecular weight is 434 g/mol. The van der Waals surface area contributed by atoms with Gasteiger partial charge in [-0.3, -0.25) is 4.79 Å². The molecule has 0 spiro atoms. The smallest absolute Gasteiger partial charge is 0.312 e. The molecule has 3 amide bonds. The number of ether oxygens (including phenoxy) is 2. The van der Waals surface area contributed by atoms with Gasteiger partial charge in [0.15, 0.2) is 11.5 Å². The van der Waals surface area contributed by atoms with E-state index in [1.54, 1.807) is 0 Å². The number of carbonyl (C=O) groups is 2. The molecule has 7 nitrogen and oxygen atoms in total. The van der Waals surface area contributed by atoms with Gasteiger partial charge in [-0.15, -0.1) is 0 Å². The zero-order valence-corrected chi connectivity index (χ0v) is 16.1. The van der Waals surface area contributed by atoms with Crippen molar-refractivity contribution in [1.82, 2.24) is 10.6 Å². The fraction of sp³-hybridized carbons (Fsp3) is 0.263. The molecule has 0 radical (unpaired) electrons. The van der Waals surface area contributed by atoms with Gasteiger partial charge in [-0.05, 0) is 29.8 Å². The lowest BCUT2D eigenvalue weighted by atomic mass is 10.0. The number of para-hydroxylation sites is 2. The molecule has 0 fully saturated rings. The van der Waals surface area contributed by atoms with Crippen LogP contribution in [-0.4, -0.2) is 31.2 Å². The molecule has 0 bridgehead atoms. The third kappa shape index (κ3) is 5.37. The van der Waals surface area contributed by atoms with E-state index in [-0.39, 0.29) is 18.4 Å². The summed E-state index contributed by atoms with van der Waals surface area (Å²) >= 11 is 3.38. The maximum Gasteiger partial charge on any atom is 0.312 e. The van der Waals surface area contributed by atoms with E-state index in [0.717, 1.165) is 10.0 Å². The molecule has 1 heterocycles. The molecule has 0 aliphatic carbocycles. The molecule has 1 aliphatic heterocycles. The Hall–Kier alpha value is -2.74. The molecule has 2 aromatic carbocycles. The molecule has 0 saturated heterocycles. The summed E-state index contributed by atoms with van der Waals surface area (Å²) in [5.74, 6) is 1.13. The van der Waals surface area contributed by atoms with Crippen molar-refractivity contribution in [2.45, 2.75) is 18.6 Å². The minimum absolute atomic E-state index is 0.0591. The Labute approximate surface area is 165 Å². The van der Waals surface area contributed by atoms with Crippen LogP contribution in [0.1, 0.15) is 18.0 Å². The number of nitrogens with one attached hydrogen (secondary N) is 2. The van der Waals surface area contributed by atoms with Crippen molar-refractivity contribution in [2.24, 2.45) is 5.73 Å². The second-order valence-electron chi connectivity index (χ2n) is 6.12. The van der Waals surface area contributed by atoms with Gasteiger partial charge in [0.1, 0.15) is 12.7 Å². The van der Waals surface area contributed by atoms with Crippen LogP contribution in [0.3, 0.4) is 0 Å². The Morgan fingerprint density at radius 1 is 1.19 bits per heavy atom. The lowest BCUT2D eigenvalue weighted by molar-refractivity contribution is -0.122. The second-order valence-corrected chi connectivity index (χ2v) is 7.04. The molecule has 0 unspecified atom stereocenters. The van der Waals surface area contributed by atoms with Gasteiger partial charge in [0.25, 0.3) is 0 Å². The third-order valence-corrected chi connectivity index (χ3v) is 4.54. The van der Waals surface area contributed by atoms with Gasteiger partial charge in [0.05, 0.1) is 19.0 Å². The number of carbonyl (C=O) groups excluding carboxylic acids is 2. The van der Waals surface area contributed by atoms with Crippen molar-refractivity contribution >= 4 is 27.9 Å². The molecule has 2 aromatic rings. The first-order valence-corrected chi connectivity index (χ1v) is 9.27. The molecule has 0 aromatic heterocycles. The predicted molar refractivity (Wildman–Crippen MR) is 104 cm³/mol. The van der Waals surface area contributed by atoms with E-state index in [2.05, 4.69) is 26.6 Å². The van der Waals surface area contributed by atoms with E-state index in [0.29, 0.717) is 24.7 Å². The van der Waals surface area contributed by atoms with Crippen molar-refractivity contribution < 1.29 is 19.1 Å². The van der Waals surface area contributed by atoms with Crippen LogP contribution in [0.4, 0.5) is 4.79 Å². The Morgan fingerprint density at radius 3 is 2.70 bits per heavy atom. The van der Waals surface area contributed by atoms with Gasteiger partial charge >= 0.3 is 6.03 Å². The van der Waals surface area contributed by atoms with Crippen LogP contribution in [0.2, 0.25) is 0 Å². The van der Waals surface area contributed by atoms with Crippen LogP contribution in [-0.2, 0) is 4.79 Å². The molecule has 27 heavy (non-hydrogen) atoms. The lowest BCUT2D eigenvalue weighted by Crippen LogP contribution is -2.42.